The molecule has 0 bridgehead atoms. The average molecular weight is 161 g/mol. The number of nitrogen functional groups attached to an aromatic ring is 1. The number of aryl methyl sites for hydroxylation is 1. The fraction of sp³-hybridized carbons (Fsp3) is 0.222. The lowest BCUT2D eigenvalue weighted by atomic mass is 10.2. The van der Waals surface area contributed by atoms with Crippen LogP contribution in [-0.4, -0.2) is 11.5 Å². The van der Waals surface area contributed by atoms with Gasteiger partial charge in [0, 0.05) is 0 Å². The van der Waals surface area contributed by atoms with Gasteiger partial charge in [-0.1, -0.05) is 5.92 Å². The van der Waals surface area contributed by atoms with Crippen LogP contribution in [0.1, 0.15) is 11.3 Å². The van der Waals surface area contributed by atoms with Crippen molar-refractivity contribution in [3.05, 3.63) is 23.5 Å². The molecule has 3 heteroatoms. The summed E-state index contributed by atoms with van der Waals surface area (Å²) in [5.41, 5.74) is 13.1. The molecule has 0 fully saturated rings. The number of aromatic nitrogens is 1. The van der Waals surface area contributed by atoms with Gasteiger partial charge in [-0.05, 0) is 24.5 Å². The molecule has 0 saturated carbocycles. The highest BCUT2D eigenvalue weighted by molar-refractivity contribution is 5.44. The van der Waals surface area contributed by atoms with Crippen LogP contribution in [0.3, 0.4) is 0 Å². The number of anilines is 1. The van der Waals surface area contributed by atoms with E-state index >= 15 is 0 Å². The SMILES string of the molecule is Cc1cc(N)cnc1C#CCN. The summed E-state index contributed by atoms with van der Waals surface area (Å²) in [6.45, 7) is 2.27. The zero-order valence-corrected chi connectivity index (χ0v) is 6.96. The van der Waals surface area contributed by atoms with Crippen LogP contribution in [0.15, 0.2) is 12.3 Å². The number of nitrogens with zero attached hydrogens (tertiary/aromatic N) is 1. The lowest BCUT2D eigenvalue weighted by Crippen LogP contribution is -1.95. The molecular formula is C9H11N3. The van der Waals surface area contributed by atoms with E-state index in [1.165, 1.54) is 0 Å². The molecule has 0 saturated heterocycles. The lowest BCUT2D eigenvalue weighted by molar-refractivity contribution is 1.23. The molecule has 0 aliphatic heterocycles. The van der Waals surface area contributed by atoms with E-state index in [1.807, 2.05) is 13.0 Å². The van der Waals surface area contributed by atoms with E-state index in [1.54, 1.807) is 6.20 Å². The first kappa shape index (κ1) is 8.57. The molecule has 0 radical (unpaired) electrons. The minimum Gasteiger partial charge on any atom is -0.397 e. The zero-order chi connectivity index (χ0) is 8.97. The van der Waals surface area contributed by atoms with E-state index in [9.17, 15) is 0 Å². The van der Waals surface area contributed by atoms with Crippen LogP contribution in [-0.2, 0) is 0 Å². The maximum absolute atomic E-state index is 5.52. The highest BCUT2D eigenvalue weighted by atomic mass is 14.7. The third-order valence-electron chi connectivity index (χ3n) is 1.41. The third kappa shape index (κ3) is 1.97. The number of rotatable bonds is 0. The van der Waals surface area contributed by atoms with Crippen molar-refractivity contribution in [3.8, 4) is 11.8 Å². The summed E-state index contributed by atoms with van der Waals surface area (Å²) >= 11 is 0. The van der Waals surface area contributed by atoms with E-state index in [2.05, 4.69) is 16.8 Å². The number of nitrogens with two attached hydrogens (primary N) is 2. The molecule has 1 rings (SSSR count). The smallest absolute Gasteiger partial charge is 0.116 e. The Hall–Kier alpha value is -1.53. The summed E-state index contributed by atoms with van der Waals surface area (Å²) in [6, 6.07) is 1.84. The van der Waals surface area contributed by atoms with Crippen LogP contribution < -0.4 is 11.5 Å². The van der Waals surface area contributed by atoms with Crippen molar-refractivity contribution in [2.24, 2.45) is 5.73 Å². The predicted octanol–water partition coefficient (Wildman–Crippen LogP) is 0.282. The summed E-state index contributed by atoms with van der Waals surface area (Å²) < 4.78 is 0. The predicted molar refractivity (Wildman–Crippen MR) is 49.3 cm³/mol. The summed E-state index contributed by atoms with van der Waals surface area (Å²) in [5, 5.41) is 0. The van der Waals surface area contributed by atoms with Gasteiger partial charge in [-0.2, -0.15) is 0 Å². The van der Waals surface area contributed by atoms with Crippen LogP contribution in [0.25, 0.3) is 0 Å². The first-order chi connectivity index (χ1) is 5.74. The largest absolute Gasteiger partial charge is 0.397 e. The van der Waals surface area contributed by atoms with Gasteiger partial charge in [0.25, 0.3) is 0 Å². The van der Waals surface area contributed by atoms with Crippen molar-refractivity contribution in [2.75, 3.05) is 12.3 Å². The zero-order valence-electron chi connectivity index (χ0n) is 6.96. The summed E-state index contributed by atoms with van der Waals surface area (Å²) in [6.07, 6.45) is 1.59. The second-order valence-electron chi connectivity index (χ2n) is 2.44. The van der Waals surface area contributed by atoms with Crippen LogP contribution in [0.4, 0.5) is 5.69 Å². The van der Waals surface area contributed by atoms with Gasteiger partial charge in [-0.25, -0.2) is 4.98 Å². The van der Waals surface area contributed by atoms with Crippen molar-refractivity contribution in [1.29, 1.82) is 0 Å². The van der Waals surface area contributed by atoms with Crippen molar-refractivity contribution >= 4 is 5.69 Å². The number of pyridine rings is 1. The first-order valence-electron chi connectivity index (χ1n) is 3.65. The summed E-state index contributed by atoms with van der Waals surface area (Å²) in [4.78, 5) is 4.06. The quantitative estimate of drug-likeness (QED) is 0.537. The van der Waals surface area contributed by atoms with Crippen molar-refractivity contribution in [2.45, 2.75) is 6.92 Å². The van der Waals surface area contributed by atoms with Crippen LogP contribution in [0.5, 0.6) is 0 Å². The van der Waals surface area contributed by atoms with Crippen LogP contribution in [0, 0.1) is 18.8 Å². The molecule has 0 aliphatic rings. The monoisotopic (exact) mass is 161 g/mol. The van der Waals surface area contributed by atoms with Gasteiger partial charge in [-0.15, -0.1) is 0 Å². The fourth-order valence-corrected chi connectivity index (χ4v) is 0.862. The molecule has 0 unspecified atom stereocenters. The number of hydrogen-bond acceptors (Lipinski definition) is 3. The fourth-order valence-electron chi connectivity index (χ4n) is 0.862. The Morgan fingerprint density at radius 3 is 2.92 bits per heavy atom. The standard InChI is InChI=1S/C9H11N3/c1-7-5-8(11)6-12-9(7)3-2-4-10/h5-6H,4,10-11H2,1H3. The Bertz CT molecular complexity index is 333. The second-order valence-corrected chi connectivity index (χ2v) is 2.44. The maximum Gasteiger partial charge on any atom is 0.116 e. The van der Waals surface area contributed by atoms with Crippen LogP contribution in [0.2, 0.25) is 0 Å². The van der Waals surface area contributed by atoms with Gasteiger partial charge in [0.1, 0.15) is 5.69 Å². The molecule has 0 aromatic carbocycles. The maximum atomic E-state index is 5.52. The molecule has 1 heterocycles. The third-order valence-corrected chi connectivity index (χ3v) is 1.41. The molecule has 3 nitrogen and oxygen atoms in total. The molecule has 0 aliphatic carbocycles. The molecule has 0 atom stereocenters. The molecule has 12 heavy (non-hydrogen) atoms. The van der Waals surface area contributed by atoms with E-state index in [-0.39, 0.29) is 0 Å². The van der Waals surface area contributed by atoms with Gasteiger partial charge < -0.3 is 11.5 Å². The summed E-state index contributed by atoms with van der Waals surface area (Å²) in [7, 11) is 0. The summed E-state index contributed by atoms with van der Waals surface area (Å²) in [5.74, 6) is 5.60. The average Bonchev–Trinajstić information content (AvgIpc) is 2.03. The minimum absolute atomic E-state index is 0.353. The Kier molecular flexibility index (Phi) is 2.67. The molecule has 1 aromatic heterocycles. The Morgan fingerprint density at radius 2 is 2.33 bits per heavy atom. The van der Waals surface area contributed by atoms with E-state index in [0.29, 0.717) is 12.2 Å². The van der Waals surface area contributed by atoms with Gasteiger partial charge in [0.15, 0.2) is 0 Å². The Balaban J connectivity index is 3.01. The Morgan fingerprint density at radius 1 is 1.58 bits per heavy atom. The highest BCUT2D eigenvalue weighted by Crippen LogP contribution is 2.06. The van der Waals surface area contributed by atoms with Gasteiger partial charge in [0.2, 0.25) is 0 Å². The topological polar surface area (TPSA) is 64.9 Å². The lowest BCUT2D eigenvalue weighted by Gasteiger charge is -1.97. The molecule has 62 valence electrons. The molecular weight excluding hydrogens is 150 g/mol. The van der Waals surface area contributed by atoms with Gasteiger partial charge >= 0.3 is 0 Å². The van der Waals surface area contributed by atoms with Gasteiger partial charge in [0.05, 0.1) is 18.4 Å². The van der Waals surface area contributed by atoms with Crippen molar-refractivity contribution in [1.82, 2.24) is 4.98 Å². The molecule has 1 aromatic rings. The van der Waals surface area contributed by atoms with Crippen LogP contribution >= 0.6 is 0 Å². The van der Waals surface area contributed by atoms with E-state index in [4.69, 9.17) is 11.5 Å². The highest BCUT2D eigenvalue weighted by Gasteiger charge is 1.94. The minimum atomic E-state index is 0.353. The van der Waals surface area contributed by atoms with E-state index < -0.39 is 0 Å². The second kappa shape index (κ2) is 3.74. The van der Waals surface area contributed by atoms with Crippen molar-refractivity contribution in [3.63, 3.8) is 0 Å². The number of hydrogen-bond donors (Lipinski definition) is 2. The molecule has 4 N–H and O–H groups in total. The Labute approximate surface area is 71.8 Å². The van der Waals surface area contributed by atoms with Crippen molar-refractivity contribution < 1.29 is 0 Å². The first-order valence-corrected chi connectivity index (χ1v) is 3.65. The normalized spacial score (nSPS) is 8.83. The molecule has 0 amide bonds. The molecule has 0 spiro atoms. The van der Waals surface area contributed by atoms with E-state index in [0.717, 1.165) is 11.3 Å². The van der Waals surface area contributed by atoms with Gasteiger partial charge in [-0.3, -0.25) is 0 Å².